The van der Waals surface area contributed by atoms with Gasteiger partial charge < -0.3 is 20.7 Å². The zero-order chi connectivity index (χ0) is 29.6. The van der Waals surface area contributed by atoms with Crippen molar-refractivity contribution in [2.24, 2.45) is 0 Å². The highest BCUT2D eigenvalue weighted by Crippen LogP contribution is 2.31. The minimum atomic E-state index is -0.248. The van der Waals surface area contributed by atoms with E-state index in [4.69, 9.17) is 9.72 Å². The Kier molecular flexibility index (Phi) is 9.22. The smallest absolute Gasteiger partial charge is 0.251 e. The second-order valence-electron chi connectivity index (χ2n) is 10.8. The zero-order valence-electron chi connectivity index (χ0n) is 24.9. The lowest BCUT2D eigenvalue weighted by molar-refractivity contribution is 0.0904. The Balaban J connectivity index is 1.34. The molecule has 3 heterocycles. The largest absolute Gasteiger partial charge is 0.381 e. The molecule has 2 aromatic carbocycles. The second kappa shape index (κ2) is 13.2. The normalized spacial score (nSPS) is 13.7. The Hall–Kier alpha value is -4.18. The number of pyridine rings is 1. The number of ether oxygens (including phenoxy) is 1. The molecule has 3 N–H and O–H groups in total. The number of benzene rings is 2. The zero-order valence-corrected chi connectivity index (χ0v) is 24.9. The van der Waals surface area contributed by atoms with Crippen LogP contribution in [0.15, 0.2) is 48.7 Å². The maximum atomic E-state index is 13.4. The first-order valence-corrected chi connectivity index (χ1v) is 14.8. The van der Waals surface area contributed by atoms with Crippen LogP contribution in [-0.2, 0) is 30.8 Å². The Bertz CT molecular complexity index is 1590. The van der Waals surface area contributed by atoms with E-state index >= 15 is 0 Å². The van der Waals surface area contributed by atoms with Gasteiger partial charge >= 0.3 is 0 Å². The highest BCUT2D eigenvalue weighted by Gasteiger charge is 2.22. The van der Waals surface area contributed by atoms with Gasteiger partial charge in [-0.05, 0) is 56.9 Å². The van der Waals surface area contributed by atoms with E-state index < -0.39 is 0 Å². The first kappa shape index (κ1) is 29.3. The van der Waals surface area contributed by atoms with Crippen LogP contribution in [0.3, 0.4) is 0 Å². The van der Waals surface area contributed by atoms with Gasteiger partial charge in [0.1, 0.15) is 7.85 Å². The van der Waals surface area contributed by atoms with Crippen molar-refractivity contribution in [2.75, 3.05) is 18.5 Å². The minimum Gasteiger partial charge on any atom is -0.381 e. The summed E-state index contributed by atoms with van der Waals surface area (Å²) in [6, 6.07) is 13.2. The van der Waals surface area contributed by atoms with Crippen LogP contribution in [0.25, 0.3) is 11.0 Å². The van der Waals surface area contributed by atoms with E-state index in [2.05, 4.69) is 55.7 Å². The topological polar surface area (TPSA) is 110 Å². The van der Waals surface area contributed by atoms with Crippen LogP contribution in [0.1, 0.15) is 69.8 Å². The van der Waals surface area contributed by atoms with Crippen molar-refractivity contribution in [1.82, 2.24) is 25.4 Å². The van der Waals surface area contributed by atoms with E-state index in [1.807, 2.05) is 23.0 Å². The van der Waals surface area contributed by atoms with Crippen molar-refractivity contribution in [1.29, 1.82) is 0 Å². The average molecular weight is 567 g/mol. The molecule has 42 heavy (non-hydrogen) atoms. The quantitative estimate of drug-likeness (QED) is 0.255. The van der Waals surface area contributed by atoms with Gasteiger partial charge in [-0.1, -0.05) is 42.2 Å². The van der Waals surface area contributed by atoms with Crippen molar-refractivity contribution >= 4 is 41.8 Å². The predicted octanol–water partition coefficient (Wildman–Crippen LogP) is 3.03. The molecule has 0 saturated carbocycles. The summed E-state index contributed by atoms with van der Waals surface area (Å²) in [6.45, 7) is 9.08. The summed E-state index contributed by atoms with van der Waals surface area (Å²) >= 11 is 0. The van der Waals surface area contributed by atoms with Crippen LogP contribution in [0.2, 0.25) is 0 Å². The van der Waals surface area contributed by atoms with Crippen molar-refractivity contribution in [3.05, 3.63) is 82.2 Å². The Labute approximate surface area is 247 Å². The number of fused-ring (bicyclic) bond motifs is 1. The van der Waals surface area contributed by atoms with Crippen molar-refractivity contribution < 1.29 is 14.3 Å². The molecule has 9 nitrogen and oxygen atoms in total. The number of anilines is 1. The number of hydrogen-bond donors (Lipinski definition) is 3. The van der Waals surface area contributed by atoms with E-state index in [0.29, 0.717) is 30.6 Å². The standard InChI is InChI=1S/C32H39BN6O3/c1-4-28-25(29(37-24-12-14-42-15-13-24)26-19-36-39(5-2)30(26)38-28)18-35-32(41)22-9-6-8-21(16-22)31(40)34-17-23-10-7-11-27(33)20(23)3/h6-11,16,19,24H,4-5,12-15,17-18,33H2,1-3H3,(H,34,40)(H,35,41)(H,37,38). The van der Waals surface area contributed by atoms with E-state index in [-0.39, 0.29) is 17.9 Å². The predicted molar refractivity (Wildman–Crippen MR) is 168 cm³/mol. The third kappa shape index (κ3) is 6.33. The van der Waals surface area contributed by atoms with Gasteiger partial charge in [0.2, 0.25) is 0 Å². The maximum Gasteiger partial charge on any atom is 0.251 e. The molecule has 4 aromatic rings. The van der Waals surface area contributed by atoms with Gasteiger partial charge in [-0.25, -0.2) is 9.67 Å². The SMILES string of the molecule is Bc1cccc(CNC(=O)c2cccc(C(=O)NCc3c(CC)nc4c(cnn4CC)c3NC3CCOCC3)c2)c1C. The van der Waals surface area contributed by atoms with Gasteiger partial charge in [0, 0.05) is 61.3 Å². The van der Waals surface area contributed by atoms with Crippen LogP contribution in [0.5, 0.6) is 0 Å². The molecule has 5 rings (SSSR count). The molecule has 0 atom stereocenters. The highest BCUT2D eigenvalue weighted by molar-refractivity contribution is 6.33. The lowest BCUT2D eigenvalue weighted by Crippen LogP contribution is -2.30. The first-order chi connectivity index (χ1) is 20.4. The van der Waals surface area contributed by atoms with Gasteiger partial charge in [0.05, 0.1) is 17.3 Å². The minimum absolute atomic E-state index is 0.218. The molecule has 10 heteroatoms. The average Bonchev–Trinajstić information content (AvgIpc) is 3.44. The van der Waals surface area contributed by atoms with Crippen LogP contribution in [0, 0.1) is 6.92 Å². The summed E-state index contributed by atoms with van der Waals surface area (Å²) in [5.41, 5.74) is 8.00. The summed E-state index contributed by atoms with van der Waals surface area (Å²) in [6.07, 6.45) is 4.40. The third-order valence-electron chi connectivity index (χ3n) is 8.14. The number of nitrogens with zero attached hydrogens (tertiary/aromatic N) is 3. The molecule has 2 aromatic heterocycles. The number of carbonyl (C=O) groups is 2. The number of hydrogen-bond acceptors (Lipinski definition) is 6. The summed E-state index contributed by atoms with van der Waals surface area (Å²) in [5, 5.41) is 15.3. The number of rotatable bonds is 10. The van der Waals surface area contributed by atoms with E-state index in [9.17, 15) is 9.59 Å². The molecule has 2 amide bonds. The Morgan fingerprint density at radius 2 is 1.71 bits per heavy atom. The molecule has 0 unspecified atom stereocenters. The molecule has 0 radical (unpaired) electrons. The number of nitrogens with one attached hydrogen (secondary N) is 3. The molecule has 1 aliphatic heterocycles. The van der Waals surface area contributed by atoms with Crippen molar-refractivity contribution in [2.45, 2.75) is 65.7 Å². The summed E-state index contributed by atoms with van der Waals surface area (Å²) in [7, 11) is 2.06. The second-order valence-corrected chi connectivity index (χ2v) is 10.8. The molecule has 1 aliphatic rings. The summed E-state index contributed by atoms with van der Waals surface area (Å²) in [4.78, 5) is 31.3. The first-order valence-electron chi connectivity index (χ1n) is 14.8. The lowest BCUT2D eigenvalue weighted by Gasteiger charge is -2.26. The third-order valence-corrected chi connectivity index (χ3v) is 8.14. The fraction of sp³-hybridized carbons (Fsp3) is 0.375. The van der Waals surface area contributed by atoms with Gasteiger partial charge in [-0.3, -0.25) is 9.59 Å². The van der Waals surface area contributed by atoms with Crippen LogP contribution < -0.4 is 21.4 Å². The van der Waals surface area contributed by atoms with Crippen molar-refractivity contribution in [3.8, 4) is 0 Å². The van der Waals surface area contributed by atoms with Crippen LogP contribution in [0.4, 0.5) is 5.69 Å². The molecule has 0 spiro atoms. The molecule has 218 valence electrons. The van der Waals surface area contributed by atoms with Crippen LogP contribution in [-0.4, -0.2) is 53.7 Å². The Morgan fingerprint density at radius 3 is 2.40 bits per heavy atom. The van der Waals surface area contributed by atoms with E-state index in [0.717, 1.165) is 71.7 Å². The Morgan fingerprint density at radius 1 is 1.02 bits per heavy atom. The van der Waals surface area contributed by atoms with Crippen molar-refractivity contribution in [3.63, 3.8) is 0 Å². The number of aryl methyl sites for hydroxylation is 2. The molecular weight excluding hydrogens is 527 g/mol. The fourth-order valence-corrected chi connectivity index (χ4v) is 5.45. The van der Waals surface area contributed by atoms with Gasteiger partial charge in [0.25, 0.3) is 11.8 Å². The number of aromatic nitrogens is 3. The van der Waals surface area contributed by atoms with E-state index in [1.54, 1.807) is 24.3 Å². The number of carbonyl (C=O) groups excluding carboxylic acids is 2. The highest BCUT2D eigenvalue weighted by atomic mass is 16.5. The van der Waals surface area contributed by atoms with Gasteiger partial charge in [-0.2, -0.15) is 5.10 Å². The van der Waals surface area contributed by atoms with Gasteiger partial charge in [-0.15, -0.1) is 0 Å². The molecule has 1 saturated heterocycles. The number of amides is 2. The monoisotopic (exact) mass is 566 g/mol. The molecule has 0 bridgehead atoms. The summed E-state index contributed by atoms with van der Waals surface area (Å²) < 4.78 is 7.47. The maximum absolute atomic E-state index is 13.4. The van der Waals surface area contributed by atoms with Gasteiger partial charge in [0.15, 0.2) is 5.65 Å². The summed E-state index contributed by atoms with van der Waals surface area (Å²) in [5.74, 6) is -0.466. The lowest BCUT2D eigenvalue weighted by atomic mass is 9.88. The molecule has 0 aliphatic carbocycles. The molecular formula is C32H39BN6O3. The van der Waals surface area contributed by atoms with E-state index in [1.165, 1.54) is 5.46 Å². The van der Waals surface area contributed by atoms with Crippen LogP contribution >= 0.6 is 0 Å². The fourth-order valence-electron chi connectivity index (χ4n) is 5.45. The molecule has 1 fully saturated rings.